The Balaban J connectivity index is 1.36. The van der Waals surface area contributed by atoms with Crippen LogP contribution in [0.25, 0.3) is 16.9 Å². The Bertz CT molecular complexity index is 1310. The number of hydrogen-bond donors (Lipinski definition) is 2. The monoisotopic (exact) mass is 470 g/mol. The zero-order valence-corrected chi connectivity index (χ0v) is 20.2. The first-order valence-corrected chi connectivity index (χ1v) is 11.8. The molecular formula is C27H30N6O2. The third kappa shape index (κ3) is 4.97. The molecule has 8 heteroatoms. The van der Waals surface area contributed by atoms with Gasteiger partial charge in [0, 0.05) is 43.3 Å². The Morgan fingerprint density at radius 3 is 2.60 bits per heavy atom. The maximum absolute atomic E-state index is 12.8. The Morgan fingerprint density at radius 1 is 1.09 bits per heavy atom. The fraction of sp³-hybridized carbons (Fsp3) is 0.296. The number of carbonyl (C=O) groups excluding carboxylic acids is 1. The van der Waals surface area contributed by atoms with Crippen molar-refractivity contribution in [1.82, 2.24) is 24.6 Å². The quantitative estimate of drug-likeness (QED) is 0.436. The van der Waals surface area contributed by atoms with Crippen molar-refractivity contribution < 1.29 is 9.53 Å². The molecular weight excluding hydrogens is 440 g/mol. The summed E-state index contributed by atoms with van der Waals surface area (Å²) in [7, 11) is 0. The van der Waals surface area contributed by atoms with Gasteiger partial charge in [0.25, 0.3) is 0 Å². The van der Waals surface area contributed by atoms with Gasteiger partial charge in [0.05, 0.1) is 17.9 Å². The highest BCUT2D eigenvalue weighted by atomic mass is 16.6. The molecule has 0 bridgehead atoms. The highest BCUT2D eigenvalue weighted by Gasteiger charge is 2.31. The molecule has 4 aromatic rings. The second-order valence-corrected chi connectivity index (χ2v) is 9.62. The van der Waals surface area contributed by atoms with Crippen LogP contribution in [0.3, 0.4) is 0 Å². The van der Waals surface area contributed by atoms with Gasteiger partial charge in [0.15, 0.2) is 11.5 Å². The van der Waals surface area contributed by atoms with E-state index in [1.165, 1.54) is 0 Å². The number of amides is 1. The number of hydrogen-bond acceptors (Lipinski definition) is 6. The lowest BCUT2D eigenvalue weighted by molar-refractivity contribution is 0.0118. The standard InChI is InChI=1S/C27H30N6O2/c1-27(2,3)35-26(34)33-15-13-28-17-22(33)20-9-11-21(12-10-20)31-24-25-29-14-16-32(25)23(18-30-24)19-7-5-4-6-8-19/h4-12,14,16,18,22,28H,13,15,17H2,1-3H3,(H,30,31). The Morgan fingerprint density at radius 2 is 1.86 bits per heavy atom. The Hall–Kier alpha value is -3.91. The van der Waals surface area contributed by atoms with Crippen molar-refractivity contribution in [3.8, 4) is 11.3 Å². The van der Waals surface area contributed by atoms with E-state index in [2.05, 4.69) is 32.7 Å². The number of nitrogens with zero attached hydrogens (tertiary/aromatic N) is 4. The molecule has 2 aromatic carbocycles. The molecule has 1 amide bonds. The number of rotatable bonds is 4. The fourth-order valence-corrected chi connectivity index (χ4v) is 4.30. The number of ether oxygens (including phenoxy) is 1. The molecule has 2 N–H and O–H groups in total. The molecule has 2 aromatic heterocycles. The highest BCUT2D eigenvalue weighted by molar-refractivity contribution is 5.74. The molecule has 180 valence electrons. The number of carbonyl (C=O) groups is 1. The Kier molecular flexibility index (Phi) is 6.13. The van der Waals surface area contributed by atoms with Crippen LogP contribution in [0.2, 0.25) is 0 Å². The summed E-state index contributed by atoms with van der Waals surface area (Å²) in [6.45, 7) is 7.71. The SMILES string of the molecule is CC(C)(C)OC(=O)N1CCNCC1c1ccc(Nc2ncc(-c3ccccc3)n3ccnc23)cc1. The predicted octanol–water partition coefficient (Wildman–Crippen LogP) is 5.02. The smallest absolute Gasteiger partial charge is 0.410 e. The average molecular weight is 471 g/mol. The highest BCUT2D eigenvalue weighted by Crippen LogP contribution is 2.28. The van der Waals surface area contributed by atoms with Crippen LogP contribution in [0.15, 0.2) is 73.2 Å². The zero-order chi connectivity index (χ0) is 24.4. The van der Waals surface area contributed by atoms with Crippen molar-refractivity contribution in [1.29, 1.82) is 0 Å². The van der Waals surface area contributed by atoms with Crippen molar-refractivity contribution in [2.24, 2.45) is 0 Å². The molecule has 1 unspecified atom stereocenters. The molecule has 0 saturated carbocycles. The predicted molar refractivity (Wildman–Crippen MR) is 137 cm³/mol. The van der Waals surface area contributed by atoms with Crippen molar-refractivity contribution in [3.05, 3.63) is 78.8 Å². The molecule has 3 heterocycles. The van der Waals surface area contributed by atoms with Gasteiger partial charge in [0.2, 0.25) is 0 Å². The van der Waals surface area contributed by atoms with E-state index in [-0.39, 0.29) is 12.1 Å². The molecule has 1 fully saturated rings. The summed E-state index contributed by atoms with van der Waals surface area (Å²) in [5.41, 5.74) is 4.23. The van der Waals surface area contributed by atoms with E-state index < -0.39 is 5.60 Å². The van der Waals surface area contributed by atoms with Crippen LogP contribution < -0.4 is 10.6 Å². The second kappa shape index (κ2) is 9.38. The van der Waals surface area contributed by atoms with E-state index in [9.17, 15) is 4.79 Å². The minimum atomic E-state index is -0.526. The van der Waals surface area contributed by atoms with Crippen LogP contribution in [0.4, 0.5) is 16.3 Å². The van der Waals surface area contributed by atoms with Crippen molar-refractivity contribution in [2.75, 3.05) is 25.0 Å². The van der Waals surface area contributed by atoms with Gasteiger partial charge in [0.1, 0.15) is 5.60 Å². The maximum Gasteiger partial charge on any atom is 0.410 e. The minimum absolute atomic E-state index is 0.0880. The van der Waals surface area contributed by atoms with E-state index in [1.807, 2.05) is 84.9 Å². The van der Waals surface area contributed by atoms with E-state index >= 15 is 0 Å². The molecule has 0 radical (unpaired) electrons. The molecule has 1 aliphatic heterocycles. The Labute approximate surface area is 205 Å². The normalized spacial score (nSPS) is 16.3. The summed E-state index contributed by atoms with van der Waals surface area (Å²) in [6, 6.07) is 18.1. The second-order valence-electron chi connectivity index (χ2n) is 9.62. The summed E-state index contributed by atoms with van der Waals surface area (Å²) < 4.78 is 7.67. The molecule has 1 aliphatic rings. The summed E-state index contributed by atoms with van der Waals surface area (Å²) >= 11 is 0. The van der Waals surface area contributed by atoms with Gasteiger partial charge in [-0.25, -0.2) is 14.8 Å². The number of imidazole rings is 1. The van der Waals surface area contributed by atoms with E-state index in [4.69, 9.17) is 4.74 Å². The maximum atomic E-state index is 12.8. The lowest BCUT2D eigenvalue weighted by Crippen LogP contribution is -2.50. The van der Waals surface area contributed by atoms with Gasteiger partial charge < -0.3 is 15.4 Å². The van der Waals surface area contributed by atoms with Gasteiger partial charge in [-0.05, 0) is 38.5 Å². The first-order valence-electron chi connectivity index (χ1n) is 11.8. The summed E-state index contributed by atoms with van der Waals surface area (Å²) in [6.07, 6.45) is 5.29. The van der Waals surface area contributed by atoms with Crippen LogP contribution in [0.1, 0.15) is 32.4 Å². The molecule has 35 heavy (non-hydrogen) atoms. The van der Waals surface area contributed by atoms with E-state index in [0.29, 0.717) is 18.9 Å². The van der Waals surface area contributed by atoms with Crippen LogP contribution in [0, 0.1) is 0 Å². The third-order valence-electron chi connectivity index (χ3n) is 5.93. The van der Waals surface area contributed by atoms with Crippen LogP contribution in [-0.2, 0) is 4.74 Å². The van der Waals surface area contributed by atoms with Crippen LogP contribution in [0.5, 0.6) is 0 Å². The van der Waals surface area contributed by atoms with Gasteiger partial charge in [-0.2, -0.15) is 0 Å². The van der Waals surface area contributed by atoms with Crippen molar-refractivity contribution in [3.63, 3.8) is 0 Å². The zero-order valence-electron chi connectivity index (χ0n) is 20.2. The molecule has 0 aliphatic carbocycles. The van der Waals surface area contributed by atoms with Gasteiger partial charge in [-0.15, -0.1) is 0 Å². The van der Waals surface area contributed by atoms with Gasteiger partial charge in [-0.3, -0.25) is 9.30 Å². The topological polar surface area (TPSA) is 83.8 Å². The molecule has 0 spiro atoms. The van der Waals surface area contributed by atoms with Crippen LogP contribution >= 0.6 is 0 Å². The van der Waals surface area contributed by atoms with Gasteiger partial charge >= 0.3 is 6.09 Å². The van der Waals surface area contributed by atoms with Crippen LogP contribution in [-0.4, -0.2) is 50.6 Å². The summed E-state index contributed by atoms with van der Waals surface area (Å²) in [5, 5.41) is 6.78. The number of anilines is 2. The molecule has 1 atom stereocenters. The first-order chi connectivity index (χ1) is 16.9. The van der Waals surface area contributed by atoms with Gasteiger partial charge in [-0.1, -0.05) is 42.5 Å². The molecule has 1 saturated heterocycles. The minimum Gasteiger partial charge on any atom is -0.444 e. The first kappa shape index (κ1) is 22.9. The number of benzene rings is 2. The summed E-state index contributed by atoms with van der Waals surface area (Å²) in [5.74, 6) is 0.678. The number of piperazine rings is 1. The largest absolute Gasteiger partial charge is 0.444 e. The summed E-state index contributed by atoms with van der Waals surface area (Å²) in [4.78, 5) is 23.8. The lowest BCUT2D eigenvalue weighted by Gasteiger charge is -2.37. The number of nitrogens with one attached hydrogen (secondary N) is 2. The average Bonchev–Trinajstić information content (AvgIpc) is 3.35. The van der Waals surface area contributed by atoms with Crippen molar-refractivity contribution >= 4 is 23.2 Å². The number of aromatic nitrogens is 3. The third-order valence-corrected chi connectivity index (χ3v) is 5.93. The molecule has 5 rings (SSSR count). The van der Waals surface area contributed by atoms with Crippen molar-refractivity contribution in [2.45, 2.75) is 32.4 Å². The van der Waals surface area contributed by atoms with E-state index in [0.717, 1.165) is 34.7 Å². The fourth-order valence-electron chi connectivity index (χ4n) is 4.30. The van der Waals surface area contributed by atoms with E-state index in [1.54, 1.807) is 6.20 Å². The lowest BCUT2D eigenvalue weighted by atomic mass is 10.0. The molecule has 8 nitrogen and oxygen atoms in total. The number of fused-ring (bicyclic) bond motifs is 1.